The van der Waals surface area contributed by atoms with Gasteiger partial charge in [0.1, 0.15) is 0 Å². The number of aliphatic imine (C=N–C) groups is 1. The minimum atomic E-state index is 0. The molecule has 1 aromatic carbocycles. The van der Waals surface area contributed by atoms with E-state index in [1.165, 1.54) is 0 Å². The number of halogens is 2. The number of nitrogens with one attached hydrogen (secondary N) is 2. The van der Waals surface area contributed by atoms with Gasteiger partial charge in [-0.2, -0.15) is 0 Å². The highest BCUT2D eigenvalue weighted by Crippen LogP contribution is 2.36. The third-order valence-corrected chi connectivity index (χ3v) is 3.91. The first-order valence-electron chi connectivity index (χ1n) is 7.89. The summed E-state index contributed by atoms with van der Waals surface area (Å²) >= 11 is 6.29. The van der Waals surface area contributed by atoms with Crippen LogP contribution in [0.3, 0.4) is 0 Å². The summed E-state index contributed by atoms with van der Waals surface area (Å²) < 4.78 is 10.9. The highest BCUT2D eigenvalue weighted by atomic mass is 127. The van der Waals surface area contributed by atoms with Gasteiger partial charge in [-0.25, -0.2) is 0 Å². The van der Waals surface area contributed by atoms with E-state index in [1.807, 2.05) is 19.1 Å². The fraction of sp³-hybridized carbons (Fsp3) is 0.588. The monoisotopic (exact) mass is 469 g/mol. The van der Waals surface area contributed by atoms with E-state index >= 15 is 0 Å². The molecule has 1 unspecified atom stereocenters. The summed E-state index contributed by atoms with van der Waals surface area (Å²) in [4.78, 5) is 4.24. The van der Waals surface area contributed by atoms with Gasteiger partial charge in [-0.05, 0) is 37.5 Å². The number of nitrogens with zero attached hydrogens (tertiary/aromatic N) is 1. The van der Waals surface area contributed by atoms with Crippen molar-refractivity contribution in [3.05, 3.63) is 22.7 Å². The van der Waals surface area contributed by atoms with Gasteiger partial charge < -0.3 is 20.1 Å². The second kappa shape index (κ2) is 11.6. The number of ether oxygens (including phenoxy) is 2. The second-order valence-electron chi connectivity index (χ2n) is 5.64. The average molecular weight is 470 g/mol. The van der Waals surface area contributed by atoms with E-state index in [2.05, 4.69) is 36.4 Å². The second-order valence-corrected chi connectivity index (χ2v) is 6.05. The molecule has 0 amide bonds. The van der Waals surface area contributed by atoms with Crippen molar-refractivity contribution in [2.75, 3.05) is 20.8 Å². The van der Waals surface area contributed by atoms with Crippen LogP contribution in [0.5, 0.6) is 11.5 Å². The maximum Gasteiger partial charge on any atom is 0.191 e. The summed E-state index contributed by atoms with van der Waals surface area (Å²) in [6, 6.07) is 4.13. The maximum absolute atomic E-state index is 6.29. The Bertz CT molecular complexity index is 539. The molecule has 0 saturated heterocycles. The molecule has 2 N–H and O–H groups in total. The molecule has 5 nitrogen and oxygen atoms in total. The van der Waals surface area contributed by atoms with Crippen LogP contribution in [0.2, 0.25) is 5.02 Å². The molecule has 0 radical (unpaired) electrons. The van der Waals surface area contributed by atoms with Gasteiger partial charge in [-0.3, -0.25) is 4.99 Å². The lowest BCUT2D eigenvalue weighted by Gasteiger charge is -2.21. The summed E-state index contributed by atoms with van der Waals surface area (Å²) in [5, 5.41) is 7.19. The topological polar surface area (TPSA) is 54.9 Å². The van der Waals surface area contributed by atoms with E-state index in [-0.39, 0.29) is 24.0 Å². The fourth-order valence-electron chi connectivity index (χ4n) is 1.92. The van der Waals surface area contributed by atoms with Gasteiger partial charge in [0.05, 0.1) is 18.7 Å². The minimum Gasteiger partial charge on any atom is -0.493 e. The Balaban J connectivity index is 0.00000529. The molecule has 0 fully saturated rings. The predicted molar refractivity (Wildman–Crippen MR) is 112 cm³/mol. The molecule has 0 saturated carbocycles. The van der Waals surface area contributed by atoms with Gasteiger partial charge in [0.15, 0.2) is 17.5 Å². The Kier molecular flexibility index (Phi) is 11.2. The molecule has 0 heterocycles. The molecule has 24 heavy (non-hydrogen) atoms. The number of methoxy groups -OCH3 is 1. The lowest BCUT2D eigenvalue weighted by molar-refractivity contribution is 0.311. The number of hydrogen-bond acceptors (Lipinski definition) is 3. The summed E-state index contributed by atoms with van der Waals surface area (Å²) in [7, 11) is 3.37. The first kappa shape index (κ1) is 23.1. The van der Waals surface area contributed by atoms with E-state index in [1.54, 1.807) is 14.2 Å². The fourth-order valence-corrected chi connectivity index (χ4v) is 2.21. The molecule has 7 heteroatoms. The van der Waals surface area contributed by atoms with Crippen molar-refractivity contribution in [3.63, 3.8) is 0 Å². The quantitative estimate of drug-likeness (QED) is 0.359. The SMILES string of the molecule is CCOc1c(Cl)cc(CNC(=NC)NC(C)C(C)C)cc1OC.I. The van der Waals surface area contributed by atoms with Crippen molar-refractivity contribution in [2.24, 2.45) is 10.9 Å². The summed E-state index contributed by atoms with van der Waals surface area (Å²) in [6.45, 7) is 9.51. The summed E-state index contributed by atoms with van der Waals surface area (Å²) in [5.41, 5.74) is 0.996. The molecule has 1 aromatic rings. The molecule has 138 valence electrons. The van der Waals surface area contributed by atoms with Gasteiger partial charge in [-0.15, -0.1) is 24.0 Å². The molecule has 0 bridgehead atoms. The largest absolute Gasteiger partial charge is 0.493 e. The summed E-state index contributed by atoms with van der Waals surface area (Å²) in [5.74, 6) is 2.50. The first-order valence-corrected chi connectivity index (χ1v) is 8.27. The van der Waals surface area contributed by atoms with E-state index in [4.69, 9.17) is 21.1 Å². The van der Waals surface area contributed by atoms with Crippen molar-refractivity contribution in [3.8, 4) is 11.5 Å². The van der Waals surface area contributed by atoms with Crippen LogP contribution in [0.4, 0.5) is 0 Å². The molecule has 1 rings (SSSR count). The van der Waals surface area contributed by atoms with Crippen LogP contribution in [0.25, 0.3) is 0 Å². The number of hydrogen-bond donors (Lipinski definition) is 2. The normalized spacial score (nSPS) is 12.4. The lowest BCUT2D eigenvalue weighted by atomic mass is 10.1. The smallest absolute Gasteiger partial charge is 0.191 e. The van der Waals surface area contributed by atoms with Gasteiger partial charge in [0, 0.05) is 19.6 Å². The van der Waals surface area contributed by atoms with E-state index in [9.17, 15) is 0 Å². The predicted octanol–water partition coefficient (Wildman–Crippen LogP) is 4.07. The number of rotatable bonds is 7. The van der Waals surface area contributed by atoms with Crippen LogP contribution >= 0.6 is 35.6 Å². The van der Waals surface area contributed by atoms with E-state index < -0.39 is 0 Å². The highest BCUT2D eigenvalue weighted by molar-refractivity contribution is 14.0. The van der Waals surface area contributed by atoms with Crippen molar-refractivity contribution in [1.29, 1.82) is 0 Å². The van der Waals surface area contributed by atoms with Crippen molar-refractivity contribution < 1.29 is 9.47 Å². The first-order chi connectivity index (χ1) is 10.9. The number of benzene rings is 1. The molecule has 0 aliphatic heterocycles. The Morgan fingerprint density at radius 3 is 2.46 bits per heavy atom. The zero-order valence-corrected chi connectivity index (χ0v) is 18.4. The Morgan fingerprint density at radius 1 is 1.29 bits per heavy atom. The molecule has 0 aromatic heterocycles. The third-order valence-electron chi connectivity index (χ3n) is 3.63. The van der Waals surface area contributed by atoms with Crippen molar-refractivity contribution in [1.82, 2.24) is 10.6 Å². The standard InChI is InChI=1S/C17H28ClN3O2.HI/c1-7-23-16-14(18)8-13(9-15(16)22-6)10-20-17(19-5)21-12(4)11(2)3;/h8-9,11-12H,7,10H2,1-6H3,(H2,19,20,21);1H. The Morgan fingerprint density at radius 2 is 1.96 bits per heavy atom. The Labute approximate surface area is 167 Å². The average Bonchev–Trinajstić information content (AvgIpc) is 2.53. The number of guanidine groups is 1. The van der Waals surface area contributed by atoms with Crippen LogP contribution < -0.4 is 20.1 Å². The lowest BCUT2D eigenvalue weighted by Crippen LogP contribution is -2.43. The van der Waals surface area contributed by atoms with Crippen molar-refractivity contribution in [2.45, 2.75) is 40.3 Å². The third kappa shape index (κ3) is 6.93. The van der Waals surface area contributed by atoms with Crippen LogP contribution in [0.15, 0.2) is 17.1 Å². The van der Waals surface area contributed by atoms with E-state index in [0.29, 0.717) is 41.6 Å². The molecule has 0 aliphatic rings. The molecule has 0 spiro atoms. The molecule has 1 atom stereocenters. The van der Waals surface area contributed by atoms with E-state index in [0.717, 1.165) is 11.5 Å². The van der Waals surface area contributed by atoms with Crippen LogP contribution in [-0.2, 0) is 6.54 Å². The van der Waals surface area contributed by atoms with Crippen LogP contribution in [0.1, 0.15) is 33.3 Å². The van der Waals surface area contributed by atoms with Gasteiger partial charge in [0.25, 0.3) is 0 Å². The van der Waals surface area contributed by atoms with Crippen LogP contribution in [-0.4, -0.2) is 32.8 Å². The zero-order valence-electron chi connectivity index (χ0n) is 15.3. The molecular weight excluding hydrogens is 441 g/mol. The van der Waals surface area contributed by atoms with Gasteiger partial charge >= 0.3 is 0 Å². The van der Waals surface area contributed by atoms with Gasteiger partial charge in [0.2, 0.25) is 0 Å². The van der Waals surface area contributed by atoms with Crippen LogP contribution in [0, 0.1) is 5.92 Å². The highest BCUT2D eigenvalue weighted by Gasteiger charge is 2.13. The maximum atomic E-state index is 6.29. The zero-order chi connectivity index (χ0) is 17.4. The minimum absolute atomic E-state index is 0. The molecular formula is C17H29ClIN3O2. The Hall–Kier alpha value is -0.890. The summed E-state index contributed by atoms with van der Waals surface area (Å²) in [6.07, 6.45) is 0. The van der Waals surface area contributed by atoms with Gasteiger partial charge in [-0.1, -0.05) is 25.4 Å². The van der Waals surface area contributed by atoms with Crippen molar-refractivity contribution >= 4 is 41.5 Å². The molecule has 0 aliphatic carbocycles.